The van der Waals surface area contributed by atoms with Gasteiger partial charge < -0.3 is 10.1 Å². The zero-order valence-corrected chi connectivity index (χ0v) is 10.7. The number of pyridine rings is 1. The standard InChI is InChI=1S/C15H10FN3O2/c16-11-5-3-9(4-6-11)12-14(20)18-13(19-15(12)21)10-2-1-7-17-8-10/h1-8H,(H2,18,19,20,21). The van der Waals surface area contributed by atoms with Crippen LogP contribution in [0.25, 0.3) is 22.5 Å². The van der Waals surface area contributed by atoms with E-state index < -0.39 is 17.3 Å². The van der Waals surface area contributed by atoms with E-state index in [0.717, 1.165) is 0 Å². The number of aromatic amines is 1. The Hall–Kier alpha value is -3.02. The molecule has 0 saturated carbocycles. The van der Waals surface area contributed by atoms with E-state index in [0.29, 0.717) is 11.1 Å². The van der Waals surface area contributed by atoms with E-state index in [2.05, 4.69) is 15.0 Å². The van der Waals surface area contributed by atoms with Gasteiger partial charge in [0.2, 0.25) is 5.88 Å². The molecule has 2 N–H and O–H groups in total. The molecule has 2 heterocycles. The summed E-state index contributed by atoms with van der Waals surface area (Å²) in [4.78, 5) is 22.6. The van der Waals surface area contributed by atoms with Crippen LogP contribution in [0.3, 0.4) is 0 Å². The van der Waals surface area contributed by atoms with Crippen molar-refractivity contribution in [3.05, 3.63) is 65.0 Å². The molecular weight excluding hydrogens is 273 g/mol. The number of benzene rings is 1. The highest BCUT2D eigenvalue weighted by atomic mass is 19.1. The average molecular weight is 283 g/mol. The molecule has 0 spiro atoms. The number of hydrogen-bond acceptors (Lipinski definition) is 4. The highest BCUT2D eigenvalue weighted by molar-refractivity contribution is 5.69. The fourth-order valence-electron chi connectivity index (χ4n) is 1.98. The SMILES string of the molecule is O=c1[nH]c(-c2cccnc2)nc(O)c1-c1ccc(F)cc1. The predicted octanol–water partition coefficient (Wildman–Crippen LogP) is 2.34. The van der Waals surface area contributed by atoms with Gasteiger partial charge in [-0.25, -0.2) is 4.39 Å². The maximum atomic E-state index is 12.9. The van der Waals surface area contributed by atoms with Gasteiger partial charge in [0.05, 0.1) is 0 Å². The van der Waals surface area contributed by atoms with Gasteiger partial charge in [0, 0.05) is 18.0 Å². The van der Waals surface area contributed by atoms with Crippen molar-refractivity contribution < 1.29 is 9.50 Å². The van der Waals surface area contributed by atoms with Crippen molar-refractivity contribution in [2.75, 3.05) is 0 Å². The van der Waals surface area contributed by atoms with Gasteiger partial charge in [0.1, 0.15) is 17.2 Å². The molecule has 0 atom stereocenters. The molecule has 1 aromatic carbocycles. The lowest BCUT2D eigenvalue weighted by Crippen LogP contribution is -2.12. The van der Waals surface area contributed by atoms with Gasteiger partial charge >= 0.3 is 0 Å². The van der Waals surface area contributed by atoms with E-state index in [-0.39, 0.29) is 11.4 Å². The second-order valence-electron chi connectivity index (χ2n) is 4.36. The van der Waals surface area contributed by atoms with Crippen molar-refractivity contribution in [3.63, 3.8) is 0 Å². The molecule has 0 fully saturated rings. The first-order valence-electron chi connectivity index (χ1n) is 6.15. The van der Waals surface area contributed by atoms with Crippen molar-refractivity contribution in [2.45, 2.75) is 0 Å². The largest absolute Gasteiger partial charge is 0.493 e. The second kappa shape index (κ2) is 5.16. The van der Waals surface area contributed by atoms with Crippen molar-refractivity contribution in [3.8, 4) is 28.4 Å². The maximum absolute atomic E-state index is 12.9. The van der Waals surface area contributed by atoms with Crippen LogP contribution in [-0.4, -0.2) is 20.1 Å². The van der Waals surface area contributed by atoms with Gasteiger partial charge in [0.25, 0.3) is 5.56 Å². The molecule has 0 bridgehead atoms. The van der Waals surface area contributed by atoms with Crippen LogP contribution in [0.2, 0.25) is 0 Å². The Kier molecular flexibility index (Phi) is 3.19. The molecule has 0 aliphatic rings. The summed E-state index contributed by atoms with van der Waals surface area (Å²) in [7, 11) is 0. The number of aromatic nitrogens is 3. The van der Waals surface area contributed by atoms with Gasteiger partial charge in [-0.05, 0) is 29.8 Å². The number of hydrogen-bond donors (Lipinski definition) is 2. The third kappa shape index (κ3) is 2.51. The summed E-state index contributed by atoms with van der Waals surface area (Å²) in [6, 6.07) is 8.64. The van der Waals surface area contributed by atoms with Crippen molar-refractivity contribution in [1.29, 1.82) is 0 Å². The first kappa shape index (κ1) is 13.0. The van der Waals surface area contributed by atoms with E-state index in [9.17, 15) is 14.3 Å². The number of H-pyrrole nitrogens is 1. The van der Waals surface area contributed by atoms with Crippen LogP contribution in [0.4, 0.5) is 4.39 Å². The van der Waals surface area contributed by atoms with Crippen LogP contribution in [0.1, 0.15) is 0 Å². The van der Waals surface area contributed by atoms with E-state index in [1.54, 1.807) is 18.3 Å². The number of rotatable bonds is 2. The van der Waals surface area contributed by atoms with Gasteiger partial charge in [-0.2, -0.15) is 4.98 Å². The van der Waals surface area contributed by atoms with Crippen molar-refractivity contribution in [2.24, 2.45) is 0 Å². The molecule has 0 saturated heterocycles. The summed E-state index contributed by atoms with van der Waals surface area (Å²) >= 11 is 0. The van der Waals surface area contributed by atoms with Crippen molar-refractivity contribution >= 4 is 0 Å². The van der Waals surface area contributed by atoms with Gasteiger partial charge in [-0.1, -0.05) is 12.1 Å². The van der Waals surface area contributed by atoms with E-state index in [1.807, 2.05) is 0 Å². The lowest BCUT2D eigenvalue weighted by molar-refractivity contribution is 0.454. The molecule has 3 rings (SSSR count). The van der Waals surface area contributed by atoms with Gasteiger partial charge in [-0.15, -0.1) is 0 Å². The summed E-state index contributed by atoms with van der Waals surface area (Å²) in [5.41, 5.74) is 0.464. The molecule has 0 aliphatic heterocycles. The molecule has 0 radical (unpaired) electrons. The fourth-order valence-corrected chi connectivity index (χ4v) is 1.98. The fraction of sp³-hybridized carbons (Fsp3) is 0. The first-order valence-corrected chi connectivity index (χ1v) is 6.15. The lowest BCUT2D eigenvalue weighted by atomic mass is 10.1. The molecule has 5 nitrogen and oxygen atoms in total. The van der Waals surface area contributed by atoms with Gasteiger partial charge in [-0.3, -0.25) is 9.78 Å². The molecule has 3 aromatic rings. The van der Waals surface area contributed by atoms with Crippen molar-refractivity contribution in [1.82, 2.24) is 15.0 Å². The topological polar surface area (TPSA) is 78.9 Å². The van der Waals surface area contributed by atoms with Crippen LogP contribution < -0.4 is 5.56 Å². The van der Waals surface area contributed by atoms with Crippen LogP contribution in [-0.2, 0) is 0 Å². The molecule has 6 heteroatoms. The zero-order chi connectivity index (χ0) is 14.8. The highest BCUT2D eigenvalue weighted by Crippen LogP contribution is 2.25. The minimum atomic E-state index is -0.507. The Morgan fingerprint density at radius 2 is 1.86 bits per heavy atom. The molecule has 0 aliphatic carbocycles. The molecule has 104 valence electrons. The monoisotopic (exact) mass is 283 g/mol. The summed E-state index contributed by atoms with van der Waals surface area (Å²) in [5.74, 6) is -0.615. The van der Waals surface area contributed by atoms with Crippen LogP contribution in [0.15, 0.2) is 53.6 Å². The summed E-state index contributed by atoms with van der Waals surface area (Å²) in [5, 5.41) is 10.0. The second-order valence-corrected chi connectivity index (χ2v) is 4.36. The average Bonchev–Trinajstić information content (AvgIpc) is 2.49. The highest BCUT2D eigenvalue weighted by Gasteiger charge is 2.14. The third-order valence-electron chi connectivity index (χ3n) is 2.97. The molecule has 0 amide bonds. The number of nitrogens with zero attached hydrogens (tertiary/aromatic N) is 2. The van der Waals surface area contributed by atoms with Crippen LogP contribution >= 0.6 is 0 Å². The number of nitrogens with one attached hydrogen (secondary N) is 1. The maximum Gasteiger partial charge on any atom is 0.262 e. The molecule has 0 unspecified atom stereocenters. The number of halogens is 1. The predicted molar refractivity (Wildman–Crippen MR) is 75.1 cm³/mol. The third-order valence-corrected chi connectivity index (χ3v) is 2.97. The van der Waals surface area contributed by atoms with E-state index in [4.69, 9.17) is 0 Å². The smallest absolute Gasteiger partial charge is 0.262 e. The minimum Gasteiger partial charge on any atom is -0.493 e. The quantitative estimate of drug-likeness (QED) is 0.756. The number of aromatic hydroxyl groups is 1. The minimum absolute atomic E-state index is 0.00244. The lowest BCUT2D eigenvalue weighted by Gasteiger charge is -2.06. The van der Waals surface area contributed by atoms with Crippen LogP contribution in [0, 0.1) is 5.82 Å². The Labute approximate surface area is 118 Å². The molecule has 2 aromatic heterocycles. The van der Waals surface area contributed by atoms with Gasteiger partial charge in [0.15, 0.2) is 0 Å². The van der Waals surface area contributed by atoms with Crippen LogP contribution in [0.5, 0.6) is 5.88 Å². The van der Waals surface area contributed by atoms with E-state index in [1.165, 1.54) is 30.5 Å². The molecule has 21 heavy (non-hydrogen) atoms. The first-order chi connectivity index (χ1) is 10.1. The molecular formula is C15H10FN3O2. The Morgan fingerprint density at radius 3 is 2.48 bits per heavy atom. The summed E-state index contributed by atoms with van der Waals surface area (Å²) in [6.45, 7) is 0. The summed E-state index contributed by atoms with van der Waals surface area (Å²) < 4.78 is 12.9. The zero-order valence-electron chi connectivity index (χ0n) is 10.7. The summed E-state index contributed by atoms with van der Waals surface area (Å²) in [6.07, 6.45) is 3.11. The van der Waals surface area contributed by atoms with E-state index >= 15 is 0 Å². The normalized spacial score (nSPS) is 10.5. The Bertz CT molecular complexity index is 830. The Balaban J connectivity index is 2.13. The Morgan fingerprint density at radius 1 is 1.10 bits per heavy atom.